The Bertz CT molecular complexity index is 509. The number of rotatable bonds is 8. The zero-order chi connectivity index (χ0) is 17.5. The van der Waals surface area contributed by atoms with Crippen molar-refractivity contribution in [2.75, 3.05) is 26.3 Å². The van der Waals surface area contributed by atoms with E-state index in [-0.39, 0.29) is 11.8 Å². The highest BCUT2D eigenvalue weighted by Gasteiger charge is 2.26. The molecule has 3 nitrogen and oxygen atoms in total. The molecule has 1 aliphatic rings. The van der Waals surface area contributed by atoms with E-state index in [0.717, 1.165) is 51.1 Å². The minimum Gasteiger partial charge on any atom is -0.381 e. The van der Waals surface area contributed by atoms with Gasteiger partial charge in [0.1, 0.15) is 5.78 Å². The largest absolute Gasteiger partial charge is 0.381 e. The van der Waals surface area contributed by atoms with E-state index < -0.39 is 0 Å². The molecule has 1 fully saturated rings. The first-order valence-corrected chi connectivity index (χ1v) is 9.51. The minimum absolute atomic E-state index is 0.0452. The highest BCUT2D eigenvalue weighted by atomic mass is 35.5. The number of hydrogen-bond donors (Lipinski definition) is 0. The molecule has 0 amide bonds. The Labute approximate surface area is 151 Å². The monoisotopic (exact) mass is 351 g/mol. The Hall–Kier alpha value is -0.900. The van der Waals surface area contributed by atoms with Crippen LogP contribution in [0, 0.1) is 5.92 Å². The van der Waals surface area contributed by atoms with Crippen LogP contribution in [0.2, 0.25) is 5.02 Å². The molecule has 1 saturated heterocycles. The summed E-state index contributed by atoms with van der Waals surface area (Å²) in [6.07, 6.45) is 3.05. The zero-order valence-corrected chi connectivity index (χ0v) is 15.9. The number of halogens is 1. The number of nitrogens with zero attached hydrogens (tertiary/aromatic N) is 1. The lowest BCUT2D eigenvalue weighted by molar-refractivity contribution is -0.123. The van der Waals surface area contributed by atoms with Crippen molar-refractivity contribution in [3.8, 4) is 0 Å². The van der Waals surface area contributed by atoms with Crippen LogP contribution in [0.25, 0.3) is 0 Å². The van der Waals surface area contributed by atoms with Gasteiger partial charge in [-0.15, -0.1) is 0 Å². The van der Waals surface area contributed by atoms with Crippen molar-refractivity contribution in [1.82, 2.24) is 4.90 Å². The van der Waals surface area contributed by atoms with E-state index in [1.54, 1.807) is 0 Å². The third-order valence-electron chi connectivity index (χ3n) is 5.00. The van der Waals surface area contributed by atoms with Crippen molar-refractivity contribution >= 4 is 17.4 Å². The fraction of sp³-hybridized carbons (Fsp3) is 0.650. The van der Waals surface area contributed by atoms with Crippen molar-refractivity contribution in [1.29, 1.82) is 0 Å². The molecule has 0 aromatic heterocycles. The summed E-state index contributed by atoms with van der Waals surface area (Å²) in [6.45, 7) is 9.86. The molecule has 24 heavy (non-hydrogen) atoms. The fourth-order valence-corrected chi connectivity index (χ4v) is 3.64. The van der Waals surface area contributed by atoms with E-state index in [4.69, 9.17) is 16.3 Å². The van der Waals surface area contributed by atoms with Crippen LogP contribution < -0.4 is 0 Å². The van der Waals surface area contributed by atoms with Crippen molar-refractivity contribution in [3.05, 3.63) is 34.9 Å². The molecule has 1 aromatic carbocycles. The number of Topliss-reactive ketones (excluding diaryl/α,β-unsaturated/α-hetero) is 1. The van der Waals surface area contributed by atoms with E-state index in [0.29, 0.717) is 16.8 Å². The van der Waals surface area contributed by atoms with Gasteiger partial charge in [-0.1, -0.05) is 44.5 Å². The molecule has 0 N–H and O–H groups in total. The van der Waals surface area contributed by atoms with Gasteiger partial charge in [0.15, 0.2) is 0 Å². The summed E-state index contributed by atoms with van der Waals surface area (Å²) in [5.74, 6) is 0.320. The molecule has 0 saturated carbocycles. The number of ether oxygens (including phenoxy) is 1. The second-order valence-corrected chi connectivity index (χ2v) is 7.36. The molecule has 0 unspecified atom stereocenters. The first kappa shape index (κ1) is 19.4. The molecule has 2 rings (SSSR count). The molecule has 0 radical (unpaired) electrons. The maximum Gasteiger partial charge on any atom is 0.142 e. The summed E-state index contributed by atoms with van der Waals surface area (Å²) in [5, 5.41) is 0.715. The summed E-state index contributed by atoms with van der Waals surface area (Å²) >= 11 is 6.00. The van der Waals surface area contributed by atoms with E-state index in [1.165, 1.54) is 0 Å². The Morgan fingerprint density at radius 1 is 1.25 bits per heavy atom. The zero-order valence-electron chi connectivity index (χ0n) is 15.1. The second-order valence-electron chi connectivity index (χ2n) is 6.92. The molecule has 1 atom stereocenters. The summed E-state index contributed by atoms with van der Waals surface area (Å²) in [6, 6.07) is 8.35. The van der Waals surface area contributed by atoms with Gasteiger partial charge >= 0.3 is 0 Å². The summed E-state index contributed by atoms with van der Waals surface area (Å²) in [7, 11) is 0. The maximum atomic E-state index is 12.7. The van der Waals surface area contributed by atoms with E-state index in [2.05, 4.69) is 11.8 Å². The molecule has 1 aromatic rings. The van der Waals surface area contributed by atoms with Crippen LogP contribution >= 0.6 is 11.6 Å². The van der Waals surface area contributed by atoms with Crippen LogP contribution in [0.1, 0.15) is 51.5 Å². The second kappa shape index (κ2) is 9.55. The lowest BCUT2D eigenvalue weighted by Crippen LogP contribution is -2.40. The lowest BCUT2D eigenvalue weighted by atomic mass is 9.86. The van der Waals surface area contributed by atoms with Gasteiger partial charge in [0.2, 0.25) is 0 Å². The standard InChI is InChI=1S/C20H30ClNO2/c1-4-22(18-10-13-24-14-11-18)12-9-19(20(23)15(2)3)16-5-7-17(21)8-6-16/h5-8,15,18-19H,4,9-14H2,1-3H3/t19-/m1/s1. The smallest absolute Gasteiger partial charge is 0.142 e. The Balaban J connectivity index is 2.06. The first-order valence-electron chi connectivity index (χ1n) is 9.14. The van der Waals surface area contributed by atoms with Crippen LogP contribution in [-0.4, -0.2) is 43.0 Å². The molecule has 1 heterocycles. The quantitative estimate of drug-likeness (QED) is 0.688. The van der Waals surface area contributed by atoms with Gasteiger partial charge in [0.25, 0.3) is 0 Å². The highest BCUT2D eigenvalue weighted by molar-refractivity contribution is 6.30. The topological polar surface area (TPSA) is 29.5 Å². The van der Waals surface area contributed by atoms with Crippen molar-refractivity contribution in [2.45, 2.75) is 52.0 Å². The van der Waals surface area contributed by atoms with E-state index >= 15 is 0 Å². The van der Waals surface area contributed by atoms with Gasteiger partial charge in [0, 0.05) is 36.1 Å². The van der Waals surface area contributed by atoms with Crippen LogP contribution in [0.3, 0.4) is 0 Å². The predicted molar refractivity (Wildman–Crippen MR) is 99.7 cm³/mol. The summed E-state index contributed by atoms with van der Waals surface area (Å²) in [4.78, 5) is 15.2. The molecular formula is C20H30ClNO2. The van der Waals surface area contributed by atoms with Crippen LogP contribution in [0.15, 0.2) is 24.3 Å². The third-order valence-corrected chi connectivity index (χ3v) is 5.26. The molecule has 0 aliphatic carbocycles. The highest BCUT2D eigenvalue weighted by Crippen LogP contribution is 2.27. The van der Waals surface area contributed by atoms with Crippen LogP contribution in [0.5, 0.6) is 0 Å². The molecular weight excluding hydrogens is 322 g/mol. The SMILES string of the molecule is CCN(CC[C@@H](C(=O)C(C)C)c1ccc(Cl)cc1)C1CCOCC1. The normalized spacial score (nSPS) is 17.4. The average molecular weight is 352 g/mol. The lowest BCUT2D eigenvalue weighted by Gasteiger charge is -2.34. The number of carbonyl (C=O) groups excluding carboxylic acids is 1. The van der Waals surface area contributed by atoms with Crippen LogP contribution in [0.4, 0.5) is 0 Å². The molecule has 0 spiro atoms. The van der Waals surface area contributed by atoms with Gasteiger partial charge in [-0.25, -0.2) is 0 Å². The van der Waals surface area contributed by atoms with Gasteiger partial charge < -0.3 is 9.64 Å². The Morgan fingerprint density at radius 2 is 1.88 bits per heavy atom. The Kier molecular flexibility index (Phi) is 7.73. The first-order chi connectivity index (χ1) is 11.5. The van der Waals surface area contributed by atoms with Crippen LogP contribution in [-0.2, 0) is 9.53 Å². The molecule has 134 valence electrons. The van der Waals surface area contributed by atoms with Gasteiger partial charge in [-0.3, -0.25) is 4.79 Å². The predicted octanol–water partition coefficient (Wildman–Crippen LogP) is 4.54. The van der Waals surface area contributed by atoms with Gasteiger partial charge in [0.05, 0.1) is 0 Å². The van der Waals surface area contributed by atoms with Crippen molar-refractivity contribution in [3.63, 3.8) is 0 Å². The number of hydrogen-bond acceptors (Lipinski definition) is 3. The average Bonchev–Trinajstić information content (AvgIpc) is 2.60. The fourth-order valence-electron chi connectivity index (χ4n) is 3.51. The van der Waals surface area contributed by atoms with E-state index in [9.17, 15) is 4.79 Å². The number of ketones is 1. The van der Waals surface area contributed by atoms with Gasteiger partial charge in [-0.2, -0.15) is 0 Å². The number of carbonyl (C=O) groups is 1. The maximum absolute atomic E-state index is 12.7. The summed E-state index contributed by atoms with van der Waals surface area (Å²) < 4.78 is 5.48. The Morgan fingerprint density at radius 3 is 2.42 bits per heavy atom. The molecule has 0 bridgehead atoms. The van der Waals surface area contributed by atoms with Crippen molar-refractivity contribution < 1.29 is 9.53 Å². The number of benzene rings is 1. The van der Waals surface area contributed by atoms with Gasteiger partial charge in [-0.05, 0) is 50.0 Å². The van der Waals surface area contributed by atoms with Crippen molar-refractivity contribution in [2.24, 2.45) is 5.92 Å². The van der Waals surface area contributed by atoms with E-state index in [1.807, 2.05) is 38.1 Å². The molecule has 1 aliphatic heterocycles. The molecule has 4 heteroatoms. The minimum atomic E-state index is -0.0452. The third kappa shape index (κ3) is 5.30. The summed E-state index contributed by atoms with van der Waals surface area (Å²) in [5.41, 5.74) is 1.08.